The Morgan fingerprint density at radius 3 is 2.64 bits per heavy atom. The molecule has 0 radical (unpaired) electrons. The zero-order valence-electron chi connectivity index (χ0n) is 14.9. The summed E-state index contributed by atoms with van der Waals surface area (Å²) in [7, 11) is 1.64. The van der Waals surface area contributed by atoms with Crippen molar-refractivity contribution < 1.29 is 4.74 Å². The van der Waals surface area contributed by atoms with Crippen LogP contribution < -0.4 is 15.8 Å². The minimum Gasteiger partial charge on any atom is -0.496 e. The number of anilines is 3. The minimum atomic E-state index is 0.442. The lowest BCUT2D eigenvalue weighted by Crippen LogP contribution is -1.95. The highest BCUT2D eigenvalue weighted by Crippen LogP contribution is 2.43. The number of benzene rings is 2. The van der Waals surface area contributed by atoms with E-state index in [9.17, 15) is 0 Å². The zero-order chi connectivity index (χ0) is 19.5. The molecule has 0 saturated heterocycles. The predicted octanol–water partition coefficient (Wildman–Crippen LogP) is 5.36. The van der Waals surface area contributed by atoms with Crippen LogP contribution in [0, 0.1) is 0 Å². The molecule has 4 rings (SSSR count). The average Bonchev–Trinajstić information content (AvgIpc) is 3.16. The predicted molar refractivity (Wildman–Crippen MR) is 117 cm³/mol. The van der Waals surface area contributed by atoms with Gasteiger partial charge in [-0.2, -0.15) is 0 Å². The molecular weight excluding hydrogens is 438 g/mol. The fraction of sp³-hybridized carbons (Fsp3) is 0.0500. The number of hydrogen-bond acceptors (Lipinski definition) is 7. The van der Waals surface area contributed by atoms with Crippen LogP contribution in [0.3, 0.4) is 0 Å². The minimum absolute atomic E-state index is 0.442. The van der Waals surface area contributed by atoms with Crippen LogP contribution >= 0.6 is 27.3 Å². The van der Waals surface area contributed by atoms with Crippen molar-refractivity contribution in [2.45, 2.75) is 0 Å². The van der Waals surface area contributed by atoms with Crippen molar-refractivity contribution in [3.05, 3.63) is 65.3 Å². The number of para-hydroxylation sites is 1. The van der Waals surface area contributed by atoms with Crippen LogP contribution in [-0.4, -0.2) is 22.3 Å². The van der Waals surface area contributed by atoms with Crippen molar-refractivity contribution in [2.75, 3.05) is 18.2 Å². The molecule has 0 unspecified atom stereocenters. The number of nitrogens with one attached hydrogen (secondary N) is 1. The van der Waals surface area contributed by atoms with Gasteiger partial charge >= 0.3 is 0 Å². The molecule has 28 heavy (non-hydrogen) atoms. The highest BCUT2D eigenvalue weighted by atomic mass is 79.9. The van der Waals surface area contributed by atoms with Gasteiger partial charge in [0, 0.05) is 27.5 Å². The van der Waals surface area contributed by atoms with Gasteiger partial charge in [0.25, 0.3) is 0 Å². The molecule has 2 aromatic carbocycles. The summed E-state index contributed by atoms with van der Waals surface area (Å²) in [5, 5.41) is 13.4. The third-order valence-electron chi connectivity index (χ3n) is 4.04. The normalized spacial score (nSPS) is 10.6. The molecule has 0 bridgehead atoms. The number of nitrogens with zero attached hydrogens (tertiary/aromatic N) is 3. The van der Waals surface area contributed by atoms with Gasteiger partial charge in [0.1, 0.15) is 16.6 Å². The van der Waals surface area contributed by atoms with Gasteiger partial charge in [-0.1, -0.05) is 45.5 Å². The SMILES string of the molecule is COc1cc(Br)cc(-c2nnc(Nc3ccccc3)s2)c1-c1ccnc(N)c1. The number of nitrogen functional groups attached to an aromatic ring is 1. The molecule has 0 fully saturated rings. The van der Waals surface area contributed by atoms with E-state index < -0.39 is 0 Å². The Labute approximate surface area is 174 Å². The topological polar surface area (TPSA) is 86.0 Å². The largest absolute Gasteiger partial charge is 0.496 e. The summed E-state index contributed by atoms with van der Waals surface area (Å²) >= 11 is 5.02. The van der Waals surface area contributed by atoms with Gasteiger partial charge in [-0.15, -0.1) is 10.2 Å². The van der Waals surface area contributed by atoms with Gasteiger partial charge in [0.2, 0.25) is 5.13 Å². The van der Waals surface area contributed by atoms with E-state index in [1.54, 1.807) is 13.3 Å². The molecule has 6 nitrogen and oxygen atoms in total. The maximum Gasteiger partial charge on any atom is 0.210 e. The fourth-order valence-electron chi connectivity index (χ4n) is 2.84. The Kier molecular flexibility index (Phi) is 5.23. The molecular formula is C20H16BrN5OS. The van der Waals surface area contributed by atoms with Gasteiger partial charge in [-0.3, -0.25) is 0 Å². The Bertz CT molecular complexity index is 1120. The van der Waals surface area contributed by atoms with E-state index in [0.717, 1.165) is 31.9 Å². The second-order valence-electron chi connectivity index (χ2n) is 5.90. The second kappa shape index (κ2) is 7.95. The van der Waals surface area contributed by atoms with E-state index in [2.05, 4.69) is 36.4 Å². The summed E-state index contributed by atoms with van der Waals surface area (Å²) in [4.78, 5) is 4.08. The molecule has 0 aliphatic carbocycles. The third-order valence-corrected chi connectivity index (χ3v) is 5.37. The van der Waals surface area contributed by atoms with Crippen LogP contribution in [0.4, 0.5) is 16.6 Å². The Hall–Kier alpha value is -2.97. The molecule has 0 amide bonds. The van der Waals surface area contributed by atoms with E-state index in [-0.39, 0.29) is 0 Å². The summed E-state index contributed by atoms with van der Waals surface area (Å²) in [6, 6.07) is 17.5. The first-order valence-electron chi connectivity index (χ1n) is 8.39. The van der Waals surface area contributed by atoms with Crippen molar-refractivity contribution in [3.8, 4) is 27.4 Å². The number of ether oxygens (including phenoxy) is 1. The number of nitrogens with two attached hydrogens (primary N) is 1. The van der Waals surface area contributed by atoms with Crippen molar-refractivity contribution in [1.29, 1.82) is 0 Å². The first kappa shape index (κ1) is 18.4. The number of halogens is 1. The number of methoxy groups -OCH3 is 1. The van der Waals surface area contributed by atoms with Crippen LogP contribution in [0.5, 0.6) is 5.75 Å². The molecule has 8 heteroatoms. The molecule has 2 heterocycles. The zero-order valence-corrected chi connectivity index (χ0v) is 17.3. The van der Waals surface area contributed by atoms with Crippen LogP contribution in [-0.2, 0) is 0 Å². The monoisotopic (exact) mass is 453 g/mol. The lowest BCUT2D eigenvalue weighted by Gasteiger charge is -2.14. The molecule has 0 aliphatic rings. The Balaban J connectivity index is 1.80. The van der Waals surface area contributed by atoms with E-state index in [4.69, 9.17) is 10.5 Å². The highest BCUT2D eigenvalue weighted by Gasteiger charge is 2.18. The van der Waals surface area contributed by atoms with Gasteiger partial charge in [0.05, 0.1) is 7.11 Å². The molecule has 0 aliphatic heterocycles. The first-order valence-corrected chi connectivity index (χ1v) is 10.0. The van der Waals surface area contributed by atoms with Gasteiger partial charge in [-0.25, -0.2) is 4.98 Å². The third kappa shape index (κ3) is 3.83. The smallest absolute Gasteiger partial charge is 0.210 e. The number of hydrogen-bond donors (Lipinski definition) is 2. The summed E-state index contributed by atoms with van der Waals surface area (Å²) in [5.41, 5.74) is 9.55. The first-order chi connectivity index (χ1) is 13.6. The van der Waals surface area contributed by atoms with Crippen LogP contribution in [0.15, 0.2) is 65.3 Å². The quantitative estimate of drug-likeness (QED) is 0.422. The molecule has 0 saturated carbocycles. The number of pyridine rings is 1. The highest BCUT2D eigenvalue weighted by molar-refractivity contribution is 9.10. The molecule has 3 N–H and O–H groups in total. The molecule has 0 atom stereocenters. The van der Waals surface area contributed by atoms with E-state index in [1.165, 1.54) is 11.3 Å². The molecule has 2 aromatic heterocycles. The number of rotatable bonds is 5. The summed E-state index contributed by atoms with van der Waals surface area (Å²) in [6.45, 7) is 0. The average molecular weight is 454 g/mol. The van der Waals surface area contributed by atoms with Crippen LogP contribution in [0.1, 0.15) is 0 Å². The van der Waals surface area contributed by atoms with Crippen molar-refractivity contribution in [3.63, 3.8) is 0 Å². The van der Waals surface area contributed by atoms with Crippen molar-refractivity contribution in [1.82, 2.24) is 15.2 Å². The van der Waals surface area contributed by atoms with Crippen molar-refractivity contribution >= 4 is 43.9 Å². The van der Waals surface area contributed by atoms with Gasteiger partial charge in [0.15, 0.2) is 0 Å². The molecule has 4 aromatic rings. The fourth-order valence-corrected chi connectivity index (χ4v) is 4.06. The van der Waals surface area contributed by atoms with Gasteiger partial charge in [-0.05, 0) is 42.0 Å². The lowest BCUT2D eigenvalue weighted by molar-refractivity contribution is 0.416. The van der Waals surface area contributed by atoms with E-state index in [1.807, 2.05) is 54.6 Å². The van der Waals surface area contributed by atoms with Crippen molar-refractivity contribution in [2.24, 2.45) is 0 Å². The number of aromatic nitrogens is 3. The van der Waals surface area contributed by atoms with E-state index in [0.29, 0.717) is 16.7 Å². The van der Waals surface area contributed by atoms with Crippen LogP contribution in [0.25, 0.3) is 21.7 Å². The second-order valence-corrected chi connectivity index (χ2v) is 7.80. The van der Waals surface area contributed by atoms with E-state index >= 15 is 0 Å². The van der Waals surface area contributed by atoms with Gasteiger partial charge < -0.3 is 15.8 Å². The standard InChI is InChI=1S/C20H16BrN5OS/c1-27-16-11-13(21)10-15(18(16)12-7-8-23-17(22)9-12)19-25-26-20(28-19)24-14-5-3-2-4-6-14/h2-11H,1H3,(H2,22,23)(H,24,26). The molecule has 0 spiro atoms. The molecule has 140 valence electrons. The maximum absolute atomic E-state index is 5.90. The maximum atomic E-state index is 5.90. The Morgan fingerprint density at radius 2 is 1.89 bits per heavy atom. The Morgan fingerprint density at radius 1 is 1.07 bits per heavy atom. The summed E-state index contributed by atoms with van der Waals surface area (Å²) in [5.74, 6) is 1.15. The lowest BCUT2D eigenvalue weighted by atomic mass is 9.99. The summed E-state index contributed by atoms with van der Waals surface area (Å²) < 4.78 is 6.52. The van der Waals surface area contributed by atoms with Crippen LogP contribution in [0.2, 0.25) is 0 Å². The summed E-state index contributed by atoms with van der Waals surface area (Å²) in [6.07, 6.45) is 1.68.